The van der Waals surface area contributed by atoms with Gasteiger partial charge in [-0.3, -0.25) is 4.79 Å². The van der Waals surface area contributed by atoms with Crippen molar-refractivity contribution in [1.29, 1.82) is 0 Å². The zero-order chi connectivity index (χ0) is 13.0. The molecule has 0 spiro atoms. The summed E-state index contributed by atoms with van der Waals surface area (Å²) in [6.45, 7) is 1.41. The number of hydrogen-bond acceptors (Lipinski definition) is 5. The van der Waals surface area contributed by atoms with E-state index in [1.54, 1.807) is 0 Å². The molecule has 0 fully saturated rings. The lowest BCUT2D eigenvalue weighted by atomic mass is 10.1. The van der Waals surface area contributed by atoms with Crippen molar-refractivity contribution in [1.82, 2.24) is 0 Å². The van der Waals surface area contributed by atoms with Gasteiger partial charge in [0.15, 0.2) is 17.3 Å². The van der Waals surface area contributed by atoms with E-state index in [0.29, 0.717) is 22.8 Å². The second-order valence-corrected chi connectivity index (χ2v) is 3.45. The summed E-state index contributed by atoms with van der Waals surface area (Å²) >= 11 is 0. The Morgan fingerprint density at radius 1 is 1.12 bits per heavy atom. The van der Waals surface area contributed by atoms with Gasteiger partial charge in [-0.25, -0.2) is 0 Å². The topological polar surface area (TPSA) is 65.0 Å². The van der Waals surface area contributed by atoms with E-state index >= 15 is 0 Å². The van der Waals surface area contributed by atoms with E-state index in [-0.39, 0.29) is 0 Å². The lowest BCUT2D eigenvalue weighted by Crippen LogP contribution is -2.16. The van der Waals surface area contributed by atoms with E-state index in [1.165, 1.54) is 40.4 Å². The molecule has 0 aliphatic heterocycles. The Bertz CT molecular complexity index is 386. The summed E-state index contributed by atoms with van der Waals surface area (Å²) in [4.78, 5) is 11.7. The number of rotatable bonds is 5. The highest BCUT2D eigenvalue weighted by Gasteiger charge is 2.19. The van der Waals surface area contributed by atoms with Crippen LogP contribution in [0.15, 0.2) is 12.1 Å². The van der Waals surface area contributed by atoms with Crippen LogP contribution in [0.25, 0.3) is 0 Å². The Morgan fingerprint density at radius 3 is 1.88 bits per heavy atom. The number of aliphatic hydroxyl groups is 1. The van der Waals surface area contributed by atoms with Crippen LogP contribution >= 0.6 is 0 Å². The molecule has 17 heavy (non-hydrogen) atoms. The number of hydrogen-bond donors (Lipinski definition) is 1. The molecule has 0 saturated heterocycles. The summed E-state index contributed by atoms with van der Waals surface area (Å²) in [5.74, 6) is 0.785. The number of Topliss-reactive ketones (excluding diaryl/α,β-unsaturated/α-hetero) is 1. The number of ether oxygens (including phenoxy) is 3. The van der Waals surface area contributed by atoms with Crippen LogP contribution in [0.2, 0.25) is 0 Å². The van der Waals surface area contributed by atoms with Crippen molar-refractivity contribution in [3.63, 3.8) is 0 Å². The molecule has 0 aromatic heterocycles. The third kappa shape index (κ3) is 2.68. The van der Waals surface area contributed by atoms with Gasteiger partial charge in [0.1, 0.15) is 6.10 Å². The zero-order valence-electron chi connectivity index (χ0n) is 10.3. The number of carbonyl (C=O) groups is 1. The van der Waals surface area contributed by atoms with E-state index in [2.05, 4.69) is 0 Å². The fraction of sp³-hybridized carbons (Fsp3) is 0.417. The largest absolute Gasteiger partial charge is 0.493 e. The van der Waals surface area contributed by atoms with Gasteiger partial charge in [-0.05, 0) is 19.1 Å². The van der Waals surface area contributed by atoms with E-state index < -0.39 is 11.9 Å². The van der Waals surface area contributed by atoms with Crippen molar-refractivity contribution >= 4 is 5.78 Å². The molecule has 0 heterocycles. The fourth-order valence-electron chi connectivity index (χ4n) is 1.46. The molecule has 0 aliphatic rings. The number of methoxy groups -OCH3 is 3. The highest BCUT2D eigenvalue weighted by molar-refractivity contribution is 6.00. The average Bonchev–Trinajstić information content (AvgIpc) is 2.35. The molecule has 1 rings (SSSR count). The molecule has 1 N–H and O–H groups in total. The molecule has 1 atom stereocenters. The molecule has 5 nitrogen and oxygen atoms in total. The van der Waals surface area contributed by atoms with Crippen molar-refractivity contribution in [2.75, 3.05) is 21.3 Å². The van der Waals surface area contributed by atoms with Crippen molar-refractivity contribution in [2.24, 2.45) is 0 Å². The maximum Gasteiger partial charge on any atom is 0.203 e. The van der Waals surface area contributed by atoms with Crippen molar-refractivity contribution in [3.8, 4) is 17.2 Å². The van der Waals surface area contributed by atoms with Crippen LogP contribution in [0.5, 0.6) is 17.2 Å². The Labute approximate surface area is 99.9 Å². The van der Waals surface area contributed by atoms with Gasteiger partial charge >= 0.3 is 0 Å². The Morgan fingerprint density at radius 2 is 1.59 bits per heavy atom. The monoisotopic (exact) mass is 240 g/mol. The highest BCUT2D eigenvalue weighted by atomic mass is 16.5. The number of benzene rings is 1. The van der Waals surface area contributed by atoms with Crippen LogP contribution in [-0.2, 0) is 0 Å². The molecule has 0 amide bonds. The predicted octanol–water partition coefficient (Wildman–Crippen LogP) is 1.28. The molecule has 0 radical (unpaired) electrons. The summed E-state index contributed by atoms with van der Waals surface area (Å²) < 4.78 is 15.4. The lowest BCUT2D eigenvalue weighted by Gasteiger charge is -2.14. The van der Waals surface area contributed by atoms with Crippen LogP contribution in [0.4, 0.5) is 0 Å². The summed E-state index contributed by atoms with van der Waals surface area (Å²) in [7, 11) is 4.42. The highest BCUT2D eigenvalue weighted by Crippen LogP contribution is 2.38. The minimum Gasteiger partial charge on any atom is -0.493 e. The summed E-state index contributed by atoms with van der Waals surface area (Å²) in [6, 6.07) is 3.02. The molecule has 1 unspecified atom stereocenters. The van der Waals surface area contributed by atoms with Crippen LogP contribution in [0.3, 0.4) is 0 Å². The van der Waals surface area contributed by atoms with Crippen LogP contribution in [0.1, 0.15) is 17.3 Å². The first-order valence-corrected chi connectivity index (χ1v) is 5.07. The quantitative estimate of drug-likeness (QED) is 0.785. The second-order valence-electron chi connectivity index (χ2n) is 3.45. The lowest BCUT2D eigenvalue weighted by molar-refractivity contribution is 0.0778. The molecular weight excluding hydrogens is 224 g/mol. The van der Waals surface area contributed by atoms with E-state index in [1.807, 2.05) is 0 Å². The third-order valence-electron chi connectivity index (χ3n) is 2.33. The molecular formula is C12H16O5. The Kier molecular flexibility index (Phi) is 4.34. The number of carbonyl (C=O) groups excluding carboxylic acids is 1. The van der Waals surface area contributed by atoms with Crippen molar-refractivity contribution < 1.29 is 24.1 Å². The standard InChI is InChI=1S/C12H16O5/c1-7(13)11(14)8-5-9(15-2)12(17-4)10(6-8)16-3/h5-7,13H,1-4H3. The SMILES string of the molecule is COc1cc(C(=O)C(C)O)cc(OC)c1OC. The molecule has 0 saturated carbocycles. The molecule has 0 bridgehead atoms. The Balaban J connectivity index is 3.32. The molecule has 0 aliphatic carbocycles. The fourth-order valence-corrected chi connectivity index (χ4v) is 1.46. The summed E-state index contributed by atoms with van der Waals surface area (Å²) in [6.07, 6.45) is -1.07. The summed E-state index contributed by atoms with van der Waals surface area (Å²) in [5, 5.41) is 9.27. The van der Waals surface area contributed by atoms with Gasteiger partial charge in [-0.1, -0.05) is 0 Å². The maximum absolute atomic E-state index is 11.7. The van der Waals surface area contributed by atoms with Gasteiger partial charge in [0, 0.05) is 5.56 Å². The van der Waals surface area contributed by atoms with Gasteiger partial charge in [-0.15, -0.1) is 0 Å². The van der Waals surface area contributed by atoms with E-state index in [4.69, 9.17) is 14.2 Å². The predicted molar refractivity (Wildman–Crippen MR) is 62.1 cm³/mol. The Hall–Kier alpha value is -1.75. The first kappa shape index (κ1) is 13.3. The van der Waals surface area contributed by atoms with E-state index in [0.717, 1.165) is 0 Å². The molecule has 1 aromatic carbocycles. The number of ketones is 1. The molecule has 94 valence electrons. The molecule has 1 aromatic rings. The van der Waals surface area contributed by atoms with E-state index in [9.17, 15) is 9.90 Å². The van der Waals surface area contributed by atoms with Crippen molar-refractivity contribution in [2.45, 2.75) is 13.0 Å². The van der Waals surface area contributed by atoms with Gasteiger partial charge in [0.05, 0.1) is 21.3 Å². The van der Waals surface area contributed by atoms with Crippen LogP contribution < -0.4 is 14.2 Å². The minimum absolute atomic E-state index is 0.314. The third-order valence-corrected chi connectivity index (χ3v) is 2.33. The van der Waals surface area contributed by atoms with Crippen LogP contribution in [0, 0.1) is 0 Å². The van der Waals surface area contributed by atoms with Gasteiger partial charge in [-0.2, -0.15) is 0 Å². The van der Waals surface area contributed by atoms with Gasteiger partial charge in [0.2, 0.25) is 5.75 Å². The van der Waals surface area contributed by atoms with Crippen LogP contribution in [-0.4, -0.2) is 38.3 Å². The maximum atomic E-state index is 11.7. The summed E-state index contributed by atoms with van der Waals surface area (Å²) in [5.41, 5.74) is 0.314. The van der Waals surface area contributed by atoms with Gasteiger partial charge < -0.3 is 19.3 Å². The first-order valence-electron chi connectivity index (χ1n) is 5.07. The number of aliphatic hydroxyl groups excluding tert-OH is 1. The van der Waals surface area contributed by atoms with Crippen molar-refractivity contribution in [3.05, 3.63) is 17.7 Å². The second kappa shape index (κ2) is 5.54. The molecule has 5 heteroatoms. The minimum atomic E-state index is -1.07. The zero-order valence-corrected chi connectivity index (χ0v) is 10.3. The normalized spacial score (nSPS) is 11.8. The smallest absolute Gasteiger partial charge is 0.203 e. The average molecular weight is 240 g/mol. The first-order chi connectivity index (χ1) is 8.04. The van der Waals surface area contributed by atoms with Gasteiger partial charge in [0.25, 0.3) is 0 Å².